The van der Waals surface area contributed by atoms with E-state index in [1.54, 1.807) is 36.7 Å². The van der Waals surface area contributed by atoms with Gasteiger partial charge in [-0.15, -0.1) is 0 Å². The second-order valence-corrected chi connectivity index (χ2v) is 5.26. The summed E-state index contributed by atoms with van der Waals surface area (Å²) in [5.41, 5.74) is 6.57. The summed E-state index contributed by atoms with van der Waals surface area (Å²) >= 11 is 0. The van der Waals surface area contributed by atoms with Crippen LogP contribution in [0.5, 0.6) is 11.6 Å². The standard InChI is InChI=1S/C16H18N4O2/c17-15(21)12-1-3-13(4-2-12)22-16-14(19-9-10-20-16)11-5-7-18-8-6-11/h1-4,9-11,18H,5-8H2,(H2,17,21). The number of hydrogen-bond acceptors (Lipinski definition) is 5. The summed E-state index contributed by atoms with van der Waals surface area (Å²) in [4.78, 5) is 19.8. The SMILES string of the molecule is NC(=O)c1ccc(Oc2nccnc2C2CCNCC2)cc1. The Kier molecular flexibility index (Phi) is 4.29. The molecule has 0 saturated carbocycles. The lowest BCUT2D eigenvalue weighted by atomic mass is 9.94. The van der Waals surface area contributed by atoms with Gasteiger partial charge in [-0.1, -0.05) is 0 Å². The molecule has 0 radical (unpaired) electrons. The monoisotopic (exact) mass is 298 g/mol. The predicted octanol–water partition coefficient (Wildman–Crippen LogP) is 1.83. The molecule has 1 aromatic heterocycles. The van der Waals surface area contributed by atoms with Crippen LogP contribution in [0.2, 0.25) is 0 Å². The number of piperidine rings is 1. The fraction of sp³-hybridized carbons (Fsp3) is 0.312. The van der Waals surface area contributed by atoms with Crippen LogP contribution in [0.4, 0.5) is 0 Å². The summed E-state index contributed by atoms with van der Waals surface area (Å²) in [6, 6.07) is 6.69. The van der Waals surface area contributed by atoms with Gasteiger partial charge in [0, 0.05) is 23.9 Å². The molecule has 3 N–H and O–H groups in total. The van der Waals surface area contributed by atoms with Crippen molar-refractivity contribution in [3.63, 3.8) is 0 Å². The van der Waals surface area contributed by atoms with Crippen molar-refractivity contribution < 1.29 is 9.53 Å². The number of aromatic nitrogens is 2. The van der Waals surface area contributed by atoms with Gasteiger partial charge in [0.25, 0.3) is 0 Å². The summed E-state index contributed by atoms with van der Waals surface area (Å²) in [5.74, 6) is 1.04. The molecule has 1 aromatic carbocycles. The van der Waals surface area contributed by atoms with Crippen LogP contribution >= 0.6 is 0 Å². The maximum Gasteiger partial charge on any atom is 0.248 e. The van der Waals surface area contributed by atoms with Crippen LogP contribution in [0.15, 0.2) is 36.7 Å². The van der Waals surface area contributed by atoms with E-state index in [1.807, 2.05) is 0 Å². The summed E-state index contributed by atoms with van der Waals surface area (Å²) in [5, 5.41) is 3.34. The molecule has 0 atom stereocenters. The Morgan fingerprint density at radius 2 is 1.82 bits per heavy atom. The number of primary amides is 1. The van der Waals surface area contributed by atoms with Gasteiger partial charge in [-0.25, -0.2) is 4.98 Å². The Balaban J connectivity index is 1.81. The molecule has 0 aliphatic carbocycles. The van der Waals surface area contributed by atoms with Crippen molar-refractivity contribution in [1.82, 2.24) is 15.3 Å². The number of amides is 1. The Labute approximate surface area is 128 Å². The number of nitrogens with zero attached hydrogens (tertiary/aromatic N) is 2. The van der Waals surface area contributed by atoms with Crippen molar-refractivity contribution in [3.05, 3.63) is 47.9 Å². The van der Waals surface area contributed by atoms with E-state index in [9.17, 15) is 4.79 Å². The first-order valence-corrected chi connectivity index (χ1v) is 7.33. The van der Waals surface area contributed by atoms with Crippen molar-refractivity contribution >= 4 is 5.91 Å². The second kappa shape index (κ2) is 6.53. The number of nitrogens with one attached hydrogen (secondary N) is 1. The Hall–Kier alpha value is -2.47. The summed E-state index contributed by atoms with van der Waals surface area (Å²) < 4.78 is 5.85. The van der Waals surface area contributed by atoms with Crippen molar-refractivity contribution in [2.45, 2.75) is 18.8 Å². The zero-order valence-corrected chi connectivity index (χ0v) is 12.2. The number of benzene rings is 1. The molecule has 3 rings (SSSR count). The maximum absolute atomic E-state index is 11.1. The first-order valence-electron chi connectivity index (χ1n) is 7.33. The molecule has 22 heavy (non-hydrogen) atoms. The molecule has 2 heterocycles. The van der Waals surface area contributed by atoms with Crippen LogP contribution < -0.4 is 15.8 Å². The van der Waals surface area contributed by atoms with Crippen molar-refractivity contribution in [3.8, 4) is 11.6 Å². The number of hydrogen-bond donors (Lipinski definition) is 2. The van der Waals surface area contributed by atoms with Crippen molar-refractivity contribution in [2.75, 3.05) is 13.1 Å². The number of carbonyl (C=O) groups is 1. The number of nitrogens with two attached hydrogens (primary N) is 1. The minimum atomic E-state index is -0.457. The molecule has 6 nitrogen and oxygen atoms in total. The third-order valence-corrected chi connectivity index (χ3v) is 3.77. The van der Waals surface area contributed by atoms with Crippen LogP contribution in [0.25, 0.3) is 0 Å². The van der Waals surface area contributed by atoms with Gasteiger partial charge in [0.15, 0.2) is 0 Å². The van der Waals surface area contributed by atoms with Gasteiger partial charge >= 0.3 is 0 Å². The van der Waals surface area contributed by atoms with Crippen LogP contribution in [0.1, 0.15) is 34.8 Å². The first-order chi connectivity index (χ1) is 10.7. The van der Waals surface area contributed by atoms with Gasteiger partial charge in [0.05, 0.1) is 0 Å². The van der Waals surface area contributed by atoms with Gasteiger partial charge in [0.1, 0.15) is 11.4 Å². The summed E-state index contributed by atoms with van der Waals surface area (Å²) in [6.45, 7) is 1.96. The molecule has 1 aliphatic heterocycles. The molecule has 114 valence electrons. The quantitative estimate of drug-likeness (QED) is 0.898. The highest BCUT2D eigenvalue weighted by Crippen LogP contribution is 2.31. The highest BCUT2D eigenvalue weighted by atomic mass is 16.5. The molecular formula is C16H18N4O2. The van der Waals surface area contributed by atoms with Crippen molar-refractivity contribution in [1.29, 1.82) is 0 Å². The largest absolute Gasteiger partial charge is 0.437 e. The van der Waals surface area contributed by atoms with Crippen LogP contribution in [-0.2, 0) is 0 Å². The zero-order valence-electron chi connectivity index (χ0n) is 12.2. The van der Waals surface area contributed by atoms with Gasteiger partial charge < -0.3 is 15.8 Å². The lowest BCUT2D eigenvalue weighted by Gasteiger charge is -2.23. The predicted molar refractivity (Wildman–Crippen MR) is 81.9 cm³/mol. The van der Waals surface area contributed by atoms with Crippen LogP contribution in [0.3, 0.4) is 0 Å². The zero-order chi connectivity index (χ0) is 15.4. The molecule has 0 bridgehead atoms. The molecule has 1 aliphatic rings. The van der Waals surface area contributed by atoms with Gasteiger partial charge in [-0.2, -0.15) is 0 Å². The van der Waals surface area contributed by atoms with Gasteiger partial charge in [-0.05, 0) is 50.2 Å². The average Bonchev–Trinajstić information content (AvgIpc) is 2.57. The van der Waals surface area contributed by atoms with Crippen LogP contribution in [0, 0.1) is 0 Å². The number of carbonyl (C=O) groups excluding carboxylic acids is 1. The van der Waals surface area contributed by atoms with E-state index in [0.29, 0.717) is 23.1 Å². The van der Waals surface area contributed by atoms with E-state index < -0.39 is 5.91 Å². The third kappa shape index (κ3) is 3.23. The minimum absolute atomic E-state index is 0.356. The molecule has 0 spiro atoms. The van der Waals surface area contributed by atoms with Gasteiger partial charge in [0.2, 0.25) is 11.8 Å². The normalized spacial score (nSPS) is 15.5. The fourth-order valence-corrected chi connectivity index (χ4v) is 2.59. The molecular weight excluding hydrogens is 280 g/mol. The van der Waals surface area contributed by atoms with E-state index in [2.05, 4.69) is 15.3 Å². The highest BCUT2D eigenvalue weighted by Gasteiger charge is 2.21. The molecule has 1 fully saturated rings. The Bertz CT molecular complexity index is 651. The first kappa shape index (κ1) is 14.5. The summed E-state index contributed by atoms with van der Waals surface area (Å²) in [6.07, 6.45) is 5.36. The molecule has 1 amide bonds. The van der Waals surface area contributed by atoms with E-state index in [0.717, 1.165) is 31.6 Å². The highest BCUT2D eigenvalue weighted by molar-refractivity contribution is 5.92. The van der Waals surface area contributed by atoms with Crippen molar-refractivity contribution in [2.24, 2.45) is 5.73 Å². The average molecular weight is 298 g/mol. The van der Waals surface area contributed by atoms with E-state index >= 15 is 0 Å². The molecule has 2 aromatic rings. The molecule has 1 saturated heterocycles. The fourth-order valence-electron chi connectivity index (χ4n) is 2.59. The topological polar surface area (TPSA) is 90.1 Å². The third-order valence-electron chi connectivity index (χ3n) is 3.77. The van der Waals surface area contributed by atoms with Crippen LogP contribution in [-0.4, -0.2) is 29.0 Å². The molecule has 0 unspecified atom stereocenters. The van der Waals surface area contributed by atoms with E-state index in [1.165, 1.54) is 0 Å². The lowest BCUT2D eigenvalue weighted by molar-refractivity contribution is 0.100. The molecule has 6 heteroatoms. The smallest absolute Gasteiger partial charge is 0.248 e. The van der Waals surface area contributed by atoms with Gasteiger partial charge in [-0.3, -0.25) is 9.78 Å². The minimum Gasteiger partial charge on any atom is -0.437 e. The lowest BCUT2D eigenvalue weighted by Crippen LogP contribution is -2.27. The maximum atomic E-state index is 11.1. The second-order valence-electron chi connectivity index (χ2n) is 5.26. The Morgan fingerprint density at radius 3 is 2.50 bits per heavy atom. The number of ether oxygens (including phenoxy) is 1. The van der Waals surface area contributed by atoms with E-state index in [4.69, 9.17) is 10.5 Å². The van der Waals surface area contributed by atoms with E-state index in [-0.39, 0.29) is 0 Å². The summed E-state index contributed by atoms with van der Waals surface area (Å²) in [7, 11) is 0. The Morgan fingerprint density at radius 1 is 1.14 bits per heavy atom. The number of rotatable bonds is 4.